The quantitative estimate of drug-likeness (QED) is 0.933. The van der Waals surface area contributed by atoms with Gasteiger partial charge in [-0.2, -0.15) is 0 Å². The van der Waals surface area contributed by atoms with Crippen LogP contribution in [0.25, 0.3) is 10.6 Å². The van der Waals surface area contributed by atoms with E-state index in [0.29, 0.717) is 28.8 Å². The van der Waals surface area contributed by atoms with E-state index in [4.69, 9.17) is 10.5 Å². The van der Waals surface area contributed by atoms with Gasteiger partial charge in [0.25, 0.3) is 0 Å². The highest BCUT2D eigenvalue weighted by Crippen LogP contribution is 2.44. The Morgan fingerprint density at radius 2 is 2.26 bits per heavy atom. The number of nitrogens with zero attached hydrogens (tertiary/aromatic N) is 1. The van der Waals surface area contributed by atoms with Crippen molar-refractivity contribution in [3.8, 4) is 16.3 Å². The smallest absolute Gasteiger partial charge is 0.137 e. The van der Waals surface area contributed by atoms with Gasteiger partial charge in [-0.15, -0.1) is 11.3 Å². The van der Waals surface area contributed by atoms with Crippen LogP contribution in [0.15, 0.2) is 18.2 Å². The van der Waals surface area contributed by atoms with Crippen molar-refractivity contribution >= 4 is 11.3 Å². The fourth-order valence-electron chi connectivity index (χ4n) is 2.10. The minimum atomic E-state index is -0.306. The summed E-state index contributed by atoms with van der Waals surface area (Å²) in [5.74, 6) is 0.739. The zero-order valence-corrected chi connectivity index (χ0v) is 11.5. The molecule has 1 aliphatic rings. The summed E-state index contributed by atoms with van der Waals surface area (Å²) in [6.45, 7) is 0.473. The molecule has 0 unspecified atom stereocenters. The lowest BCUT2D eigenvalue weighted by atomic mass is 10.2. The molecule has 0 amide bonds. The molecule has 100 valence electrons. The second kappa shape index (κ2) is 4.90. The maximum Gasteiger partial charge on any atom is 0.137 e. The average molecular weight is 278 g/mol. The predicted octanol–water partition coefficient (Wildman–Crippen LogP) is 3.29. The first-order valence-corrected chi connectivity index (χ1v) is 7.08. The van der Waals surface area contributed by atoms with Gasteiger partial charge in [0.2, 0.25) is 0 Å². The van der Waals surface area contributed by atoms with Gasteiger partial charge in [0, 0.05) is 29.0 Å². The summed E-state index contributed by atoms with van der Waals surface area (Å²) < 4.78 is 19.0. The topological polar surface area (TPSA) is 48.1 Å². The number of methoxy groups -OCH3 is 1. The Hall–Kier alpha value is -1.46. The van der Waals surface area contributed by atoms with Crippen LogP contribution < -0.4 is 10.5 Å². The number of aromatic nitrogens is 1. The number of hydrogen-bond donors (Lipinski definition) is 1. The van der Waals surface area contributed by atoms with Gasteiger partial charge in [-0.25, -0.2) is 9.37 Å². The van der Waals surface area contributed by atoms with Crippen LogP contribution in [0.5, 0.6) is 5.75 Å². The van der Waals surface area contributed by atoms with Crippen molar-refractivity contribution in [3.05, 3.63) is 34.6 Å². The molecule has 0 atom stereocenters. The zero-order chi connectivity index (χ0) is 13.4. The lowest BCUT2D eigenvalue weighted by Gasteiger charge is -2.02. The Kier molecular flexibility index (Phi) is 3.24. The summed E-state index contributed by atoms with van der Waals surface area (Å²) in [5, 5.41) is 0.711. The molecular formula is C14H15FN2OS. The van der Waals surface area contributed by atoms with Crippen LogP contribution in [0.4, 0.5) is 4.39 Å². The molecule has 0 bridgehead atoms. The molecule has 1 aromatic heterocycles. The van der Waals surface area contributed by atoms with Gasteiger partial charge in [-0.05, 0) is 25.0 Å². The van der Waals surface area contributed by atoms with E-state index in [-0.39, 0.29) is 5.82 Å². The van der Waals surface area contributed by atoms with Crippen LogP contribution >= 0.6 is 11.3 Å². The number of benzene rings is 1. The molecular weight excluding hydrogens is 263 g/mol. The lowest BCUT2D eigenvalue weighted by molar-refractivity contribution is 0.411. The summed E-state index contributed by atoms with van der Waals surface area (Å²) in [6.07, 6.45) is 2.34. The number of rotatable bonds is 4. The summed E-state index contributed by atoms with van der Waals surface area (Å²) in [7, 11) is 1.52. The Labute approximate surface area is 115 Å². The van der Waals surface area contributed by atoms with Crippen molar-refractivity contribution in [1.29, 1.82) is 0 Å². The lowest BCUT2D eigenvalue weighted by Crippen LogP contribution is -1.96. The minimum Gasteiger partial charge on any atom is -0.497 e. The minimum absolute atomic E-state index is 0.306. The van der Waals surface area contributed by atoms with Gasteiger partial charge in [0.1, 0.15) is 16.6 Å². The van der Waals surface area contributed by atoms with Gasteiger partial charge in [-0.3, -0.25) is 0 Å². The molecule has 3 nitrogen and oxygen atoms in total. The third kappa shape index (κ3) is 2.35. The summed E-state index contributed by atoms with van der Waals surface area (Å²) >= 11 is 1.49. The summed E-state index contributed by atoms with van der Waals surface area (Å²) in [5.41, 5.74) is 7.34. The second-order valence-electron chi connectivity index (χ2n) is 4.65. The fraction of sp³-hybridized carbons (Fsp3) is 0.357. The molecule has 1 fully saturated rings. The largest absolute Gasteiger partial charge is 0.497 e. The molecule has 19 heavy (non-hydrogen) atoms. The predicted molar refractivity (Wildman–Crippen MR) is 73.9 cm³/mol. The van der Waals surface area contributed by atoms with E-state index in [1.807, 2.05) is 0 Å². The maximum atomic E-state index is 14.0. The molecule has 1 aromatic carbocycles. The van der Waals surface area contributed by atoms with Gasteiger partial charge >= 0.3 is 0 Å². The number of nitrogens with two attached hydrogens (primary N) is 1. The van der Waals surface area contributed by atoms with Crippen molar-refractivity contribution in [2.75, 3.05) is 7.11 Å². The first kappa shape index (κ1) is 12.6. The van der Waals surface area contributed by atoms with Crippen molar-refractivity contribution in [2.24, 2.45) is 5.73 Å². The van der Waals surface area contributed by atoms with Crippen LogP contribution in [-0.4, -0.2) is 12.1 Å². The normalized spacial score (nSPS) is 14.7. The van der Waals surface area contributed by atoms with Crippen molar-refractivity contribution < 1.29 is 9.13 Å². The van der Waals surface area contributed by atoms with Crippen LogP contribution in [-0.2, 0) is 6.54 Å². The standard InChI is InChI=1S/C14H15FN2OS/c1-18-9-4-5-10(11(15)6-9)14-17-13(8-2-3-8)12(7-16)19-14/h4-6,8H,2-3,7,16H2,1H3. The number of thiazole rings is 1. The molecule has 2 N–H and O–H groups in total. The molecule has 0 spiro atoms. The number of ether oxygens (including phenoxy) is 1. The highest BCUT2D eigenvalue weighted by Gasteiger charge is 2.29. The maximum absolute atomic E-state index is 14.0. The Morgan fingerprint density at radius 1 is 1.47 bits per heavy atom. The molecule has 2 aromatic rings. The third-order valence-electron chi connectivity index (χ3n) is 3.28. The Morgan fingerprint density at radius 3 is 2.84 bits per heavy atom. The molecule has 1 aliphatic carbocycles. The molecule has 3 rings (SSSR count). The number of halogens is 1. The summed E-state index contributed by atoms with van der Waals surface area (Å²) in [4.78, 5) is 5.66. The van der Waals surface area contributed by atoms with Crippen LogP contribution in [0.3, 0.4) is 0 Å². The monoisotopic (exact) mass is 278 g/mol. The van der Waals surface area contributed by atoms with E-state index < -0.39 is 0 Å². The van der Waals surface area contributed by atoms with Crippen molar-refractivity contribution in [3.63, 3.8) is 0 Å². The van der Waals surface area contributed by atoms with Crippen LogP contribution in [0.2, 0.25) is 0 Å². The van der Waals surface area contributed by atoms with Gasteiger partial charge in [0.15, 0.2) is 0 Å². The van der Waals surface area contributed by atoms with E-state index in [1.165, 1.54) is 37.4 Å². The van der Waals surface area contributed by atoms with Crippen LogP contribution in [0, 0.1) is 5.82 Å². The van der Waals surface area contributed by atoms with E-state index in [9.17, 15) is 4.39 Å². The van der Waals surface area contributed by atoms with Crippen molar-refractivity contribution in [1.82, 2.24) is 4.98 Å². The van der Waals surface area contributed by atoms with Gasteiger partial charge < -0.3 is 10.5 Å². The Bertz CT molecular complexity index is 607. The molecule has 0 saturated heterocycles. The first-order chi connectivity index (χ1) is 9.22. The second-order valence-corrected chi connectivity index (χ2v) is 5.74. The number of hydrogen-bond acceptors (Lipinski definition) is 4. The van der Waals surface area contributed by atoms with E-state index in [0.717, 1.165) is 10.6 Å². The van der Waals surface area contributed by atoms with E-state index in [2.05, 4.69) is 4.98 Å². The molecule has 1 saturated carbocycles. The average Bonchev–Trinajstić information content (AvgIpc) is 3.18. The van der Waals surface area contributed by atoms with E-state index >= 15 is 0 Å². The van der Waals surface area contributed by atoms with Crippen molar-refractivity contribution in [2.45, 2.75) is 25.3 Å². The highest BCUT2D eigenvalue weighted by molar-refractivity contribution is 7.15. The first-order valence-electron chi connectivity index (χ1n) is 6.26. The highest BCUT2D eigenvalue weighted by atomic mass is 32.1. The SMILES string of the molecule is COc1ccc(-c2nc(C3CC3)c(CN)s2)c(F)c1. The van der Waals surface area contributed by atoms with Crippen LogP contribution in [0.1, 0.15) is 29.3 Å². The van der Waals surface area contributed by atoms with E-state index in [1.54, 1.807) is 12.1 Å². The zero-order valence-electron chi connectivity index (χ0n) is 10.6. The molecule has 1 heterocycles. The summed E-state index contributed by atoms with van der Waals surface area (Å²) in [6, 6.07) is 4.85. The van der Waals surface area contributed by atoms with Gasteiger partial charge in [-0.1, -0.05) is 0 Å². The molecule has 0 aliphatic heterocycles. The molecule has 5 heteroatoms. The van der Waals surface area contributed by atoms with Gasteiger partial charge in [0.05, 0.1) is 12.8 Å². The fourth-order valence-corrected chi connectivity index (χ4v) is 3.15. The third-order valence-corrected chi connectivity index (χ3v) is 4.41. The molecule has 0 radical (unpaired) electrons. The Balaban J connectivity index is 2.01.